The predicted molar refractivity (Wildman–Crippen MR) is 74.5 cm³/mol. The first-order valence-electron chi connectivity index (χ1n) is 6.30. The van der Waals surface area contributed by atoms with Gasteiger partial charge in [-0.15, -0.1) is 0 Å². The number of hydroxylamine groups is 2. The van der Waals surface area contributed by atoms with Crippen LogP contribution in [0.2, 0.25) is 0 Å². The SMILES string of the molecule is CON1CC(N(C(=O)[O-])c2ccccc2)=CC(C)=C1C. The van der Waals surface area contributed by atoms with Crippen LogP contribution in [-0.2, 0) is 4.84 Å². The van der Waals surface area contributed by atoms with Gasteiger partial charge in [-0.2, -0.15) is 0 Å². The van der Waals surface area contributed by atoms with Crippen molar-refractivity contribution in [3.05, 3.63) is 53.4 Å². The minimum absolute atomic E-state index is 0.350. The fraction of sp³-hybridized carbons (Fsp3) is 0.267. The first kappa shape index (κ1) is 14.1. The number of hydrogen-bond acceptors (Lipinski definition) is 4. The van der Waals surface area contributed by atoms with Gasteiger partial charge in [-0.3, -0.25) is 14.8 Å². The van der Waals surface area contributed by atoms with Crippen molar-refractivity contribution in [3.63, 3.8) is 0 Å². The second kappa shape index (κ2) is 5.79. The number of hydrogen-bond donors (Lipinski definition) is 0. The average Bonchev–Trinajstić information content (AvgIpc) is 2.43. The maximum atomic E-state index is 11.5. The van der Waals surface area contributed by atoms with Crippen LogP contribution in [0.4, 0.5) is 10.5 Å². The molecule has 0 atom stereocenters. The van der Waals surface area contributed by atoms with Crippen molar-refractivity contribution < 1.29 is 14.7 Å². The molecule has 5 nitrogen and oxygen atoms in total. The molecule has 0 fully saturated rings. The minimum atomic E-state index is -1.26. The highest BCUT2D eigenvalue weighted by atomic mass is 16.7. The number of benzene rings is 1. The molecule has 0 unspecified atom stereocenters. The van der Waals surface area contributed by atoms with Gasteiger partial charge < -0.3 is 9.90 Å². The lowest BCUT2D eigenvalue weighted by Crippen LogP contribution is -2.44. The Morgan fingerprint density at radius 2 is 1.95 bits per heavy atom. The lowest BCUT2D eigenvalue weighted by atomic mass is 10.1. The van der Waals surface area contributed by atoms with Gasteiger partial charge in [0, 0.05) is 17.1 Å². The fourth-order valence-electron chi connectivity index (χ4n) is 2.16. The van der Waals surface area contributed by atoms with Crippen molar-refractivity contribution in [3.8, 4) is 0 Å². The van der Waals surface area contributed by atoms with Crippen molar-refractivity contribution in [2.75, 3.05) is 18.6 Å². The summed E-state index contributed by atoms with van der Waals surface area (Å²) in [5, 5.41) is 13.1. The van der Waals surface area contributed by atoms with E-state index in [0.29, 0.717) is 17.9 Å². The molecule has 1 aliphatic rings. The number of para-hydroxylation sites is 1. The molecule has 0 aromatic heterocycles. The Bertz CT molecular complexity index is 564. The monoisotopic (exact) mass is 273 g/mol. The number of carbonyl (C=O) groups excluding carboxylic acids is 1. The maximum absolute atomic E-state index is 11.5. The third-order valence-corrected chi connectivity index (χ3v) is 3.34. The second-order valence-electron chi connectivity index (χ2n) is 4.56. The molecule has 5 heteroatoms. The molecule has 106 valence electrons. The second-order valence-corrected chi connectivity index (χ2v) is 4.56. The van der Waals surface area contributed by atoms with E-state index in [9.17, 15) is 9.90 Å². The van der Waals surface area contributed by atoms with Gasteiger partial charge in [0.1, 0.15) is 6.09 Å². The van der Waals surface area contributed by atoms with Gasteiger partial charge in [-0.25, -0.2) is 0 Å². The number of anilines is 1. The predicted octanol–water partition coefficient (Wildman–Crippen LogP) is 1.89. The van der Waals surface area contributed by atoms with E-state index in [1.54, 1.807) is 36.4 Å². The third-order valence-electron chi connectivity index (χ3n) is 3.34. The van der Waals surface area contributed by atoms with Gasteiger partial charge in [-0.1, -0.05) is 18.2 Å². The molecule has 0 bridgehead atoms. The van der Waals surface area contributed by atoms with Gasteiger partial charge in [0.2, 0.25) is 0 Å². The summed E-state index contributed by atoms with van der Waals surface area (Å²) in [6, 6.07) is 8.87. The lowest BCUT2D eigenvalue weighted by Gasteiger charge is -2.35. The summed E-state index contributed by atoms with van der Waals surface area (Å²) in [6.45, 7) is 4.19. The van der Waals surface area contributed by atoms with E-state index < -0.39 is 6.09 Å². The Kier molecular flexibility index (Phi) is 4.10. The lowest BCUT2D eigenvalue weighted by molar-refractivity contribution is -0.246. The van der Waals surface area contributed by atoms with E-state index in [2.05, 4.69) is 0 Å². The van der Waals surface area contributed by atoms with Crippen LogP contribution in [-0.4, -0.2) is 24.8 Å². The maximum Gasteiger partial charge on any atom is 0.146 e. The molecular weight excluding hydrogens is 256 g/mol. The largest absolute Gasteiger partial charge is 0.529 e. The summed E-state index contributed by atoms with van der Waals surface area (Å²) in [6.07, 6.45) is 0.582. The molecule has 1 amide bonds. The average molecular weight is 273 g/mol. The summed E-state index contributed by atoms with van der Waals surface area (Å²) < 4.78 is 0. The van der Waals surface area contributed by atoms with Crippen LogP contribution in [0.3, 0.4) is 0 Å². The fourth-order valence-corrected chi connectivity index (χ4v) is 2.16. The highest BCUT2D eigenvalue weighted by Crippen LogP contribution is 2.26. The molecular formula is C15H17N2O3-. The Balaban J connectivity index is 2.42. The topological polar surface area (TPSA) is 55.8 Å². The van der Waals surface area contributed by atoms with Crippen LogP contribution in [0.5, 0.6) is 0 Å². The number of rotatable bonds is 3. The number of allylic oxidation sites excluding steroid dienone is 3. The van der Waals surface area contributed by atoms with Crippen LogP contribution >= 0.6 is 0 Å². The van der Waals surface area contributed by atoms with Crippen molar-refractivity contribution in [2.45, 2.75) is 13.8 Å². The molecule has 2 rings (SSSR count). The highest BCUT2D eigenvalue weighted by Gasteiger charge is 2.21. The number of nitrogens with zero attached hydrogens (tertiary/aromatic N) is 2. The van der Waals surface area contributed by atoms with Crippen molar-refractivity contribution in [1.29, 1.82) is 0 Å². The van der Waals surface area contributed by atoms with E-state index in [-0.39, 0.29) is 0 Å². The smallest absolute Gasteiger partial charge is 0.146 e. The Labute approximate surface area is 118 Å². The van der Waals surface area contributed by atoms with Crippen LogP contribution in [0.25, 0.3) is 0 Å². The standard InChI is InChI=1S/C15H18N2O3/c1-11-9-14(10-16(20-3)12(11)2)17(15(18)19)13-7-5-4-6-8-13/h4-9H,10H2,1-3H3,(H,18,19)/p-1. The molecule has 0 saturated heterocycles. The highest BCUT2D eigenvalue weighted by molar-refractivity contribution is 5.88. The van der Waals surface area contributed by atoms with Crippen molar-refractivity contribution >= 4 is 11.8 Å². The summed E-state index contributed by atoms with van der Waals surface area (Å²) >= 11 is 0. The molecule has 1 aromatic rings. The van der Waals surface area contributed by atoms with Crippen LogP contribution in [0.15, 0.2) is 53.4 Å². The van der Waals surface area contributed by atoms with Gasteiger partial charge in [0.05, 0.1) is 13.7 Å². The van der Waals surface area contributed by atoms with E-state index in [1.807, 2.05) is 26.0 Å². The third kappa shape index (κ3) is 2.67. The Hall–Kier alpha value is -2.27. The molecule has 0 radical (unpaired) electrons. The van der Waals surface area contributed by atoms with Crippen molar-refractivity contribution in [1.82, 2.24) is 5.06 Å². The molecule has 0 saturated carbocycles. The van der Waals surface area contributed by atoms with E-state index in [1.165, 1.54) is 4.90 Å². The molecule has 1 aliphatic heterocycles. The molecule has 1 heterocycles. The normalized spacial score (nSPS) is 15.2. The zero-order chi connectivity index (χ0) is 14.7. The minimum Gasteiger partial charge on any atom is -0.529 e. The number of carboxylic acid groups (broad SMARTS) is 1. The van der Waals surface area contributed by atoms with Crippen molar-refractivity contribution in [2.24, 2.45) is 0 Å². The number of carbonyl (C=O) groups is 1. The summed E-state index contributed by atoms with van der Waals surface area (Å²) in [5.74, 6) is 0. The molecule has 20 heavy (non-hydrogen) atoms. The summed E-state index contributed by atoms with van der Waals surface area (Å²) in [7, 11) is 1.56. The van der Waals surface area contributed by atoms with Gasteiger partial charge >= 0.3 is 0 Å². The van der Waals surface area contributed by atoms with E-state index in [0.717, 1.165) is 11.3 Å². The zero-order valence-corrected chi connectivity index (χ0v) is 11.8. The first-order valence-corrected chi connectivity index (χ1v) is 6.30. The Morgan fingerprint density at radius 1 is 1.30 bits per heavy atom. The van der Waals surface area contributed by atoms with E-state index in [4.69, 9.17) is 4.84 Å². The first-order chi connectivity index (χ1) is 9.54. The molecule has 1 aromatic carbocycles. The molecule has 0 aliphatic carbocycles. The summed E-state index contributed by atoms with van der Waals surface area (Å²) in [4.78, 5) is 17.9. The van der Waals surface area contributed by atoms with Crippen LogP contribution < -0.4 is 10.0 Å². The van der Waals surface area contributed by atoms with Gasteiger partial charge in [-0.05, 0) is 37.6 Å². The van der Waals surface area contributed by atoms with E-state index >= 15 is 0 Å². The Morgan fingerprint density at radius 3 is 2.50 bits per heavy atom. The summed E-state index contributed by atoms with van der Waals surface area (Å²) in [5.41, 5.74) is 3.07. The quantitative estimate of drug-likeness (QED) is 0.844. The zero-order valence-electron chi connectivity index (χ0n) is 11.8. The number of amides is 1. The van der Waals surface area contributed by atoms with Crippen LogP contribution in [0.1, 0.15) is 13.8 Å². The van der Waals surface area contributed by atoms with Gasteiger partial charge in [0.25, 0.3) is 0 Å². The molecule has 0 N–H and O–H groups in total. The van der Waals surface area contributed by atoms with Gasteiger partial charge in [0.15, 0.2) is 0 Å². The molecule has 0 spiro atoms. The van der Waals surface area contributed by atoms with Crippen LogP contribution in [0, 0.1) is 0 Å².